The number of carbonyl (C=O) groups excluding carboxylic acids is 3. The Kier molecular flexibility index (Phi) is 6.45. The Balaban J connectivity index is 1.43. The first-order chi connectivity index (χ1) is 13.1. The normalized spacial score (nSPS) is 18.0. The van der Waals surface area contributed by atoms with Crippen LogP contribution in [0.15, 0.2) is 24.3 Å². The summed E-state index contributed by atoms with van der Waals surface area (Å²) in [6.07, 6.45) is 2.27. The molecule has 1 aromatic carbocycles. The Morgan fingerprint density at radius 1 is 1.04 bits per heavy atom. The summed E-state index contributed by atoms with van der Waals surface area (Å²) in [4.78, 5) is 41.9. The minimum Gasteiger partial charge on any atom is -0.339 e. The van der Waals surface area contributed by atoms with E-state index in [-0.39, 0.29) is 24.3 Å². The summed E-state index contributed by atoms with van der Waals surface area (Å²) in [6.45, 7) is 5.79. The third kappa shape index (κ3) is 5.07. The van der Waals surface area contributed by atoms with Gasteiger partial charge >= 0.3 is 0 Å². The van der Waals surface area contributed by atoms with E-state index in [1.165, 1.54) is 0 Å². The van der Waals surface area contributed by atoms with Gasteiger partial charge in [-0.1, -0.05) is 25.1 Å². The van der Waals surface area contributed by atoms with Gasteiger partial charge in [-0.3, -0.25) is 19.3 Å². The van der Waals surface area contributed by atoms with Crippen molar-refractivity contribution in [3.8, 4) is 0 Å². The van der Waals surface area contributed by atoms with Crippen LogP contribution in [0.1, 0.15) is 25.3 Å². The van der Waals surface area contributed by atoms with Crippen molar-refractivity contribution in [2.45, 2.75) is 26.2 Å². The minimum absolute atomic E-state index is 0.00576. The first-order valence-electron chi connectivity index (χ1n) is 9.72. The topological polar surface area (TPSA) is 73.0 Å². The predicted octanol–water partition coefficient (Wildman–Crippen LogP) is 0.954. The van der Waals surface area contributed by atoms with Gasteiger partial charge in [0.05, 0.1) is 13.1 Å². The Morgan fingerprint density at radius 3 is 2.44 bits per heavy atom. The summed E-state index contributed by atoms with van der Waals surface area (Å²) in [6, 6.07) is 7.84. The smallest absolute Gasteiger partial charge is 0.242 e. The molecule has 0 aliphatic carbocycles. The molecule has 7 heteroatoms. The van der Waals surface area contributed by atoms with Crippen LogP contribution in [0.4, 0.5) is 5.69 Å². The molecule has 1 aromatic rings. The average molecular weight is 372 g/mol. The van der Waals surface area contributed by atoms with E-state index < -0.39 is 0 Å². The maximum atomic E-state index is 12.4. The molecule has 27 heavy (non-hydrogen) atoms. The molecule has 1 N–H and O–H groups in total. The summed E-state index contributed by atoms with van der Waals surface area (Å²) in [7, 11) is 0. The first-order valence-corrected chi connectivity index (χ1v) is 9.72. The van der Waals surface area contributed by atoms with E-state index >= 15 is 0 Å². The SMILES string of the molecule is CCc1ccccc1NC(=O)CN1CCN(C(=O)CN2CCCC2=O)CC1. The van der Waals surface area contributed by atoms with Gasteiger partial charge in [0, 0.05) is 44.8 Å². The van der Waals surface area contributed by atoms with Crippen molar-refractivity contribution in [2.24, 2.45) is 0 Å². The lowest BCUT2D eigenvalue weighted by atomic mass is 10.1. The highest BCUT2D eigenvalue weighted by atomic mass is 16.2. The average Bonchev–Trinajstić information content (AvgIpc) is 3.07. The standard InChI is InChI=1S/C20H28N4O3/c1-2-16-6-3-4-7-17(16)21-18(25)14-22-10-12-23(13-11-22)20(27)15-24-9-5-8-19(24)26/h3-4,6-7H,2,5,8-15H2,1H3,(H,21,25). The monoisotopic (exact) mass is 372 g/mol. The van der Waals surface area contributed by atoms with Crippen LogP contribution in [-0.2, 0) is 20.8 Å². The second-order valence-electron chi connectivity index (χ2n) is 7.13. The van der Waals surface area contributed by atoms with Crippen molar-refractivity contribution >= 4 is 23.4 Å². The molecule has 0 aromatic heterocycles. The van der Waals surface area contributed by atoms with Crippen LogP contribution in [0.25, 0.3) is 0 Å². The Bertz CT molecular complexity index is 698. The van der Waals surface area contributed by atoms with Crippen molar-refractivity contribution in [1.82, 2.24) is 14.7 Å². The fourth-order valence-electron chi connectivity index (χ4n) is 3.63. The van der Waals surface area contributed by atoms with Crippen molar-refractivity contribution in [3.05, 3.63) is 29.8 Å². The van der Waals surface area contributed by atoms with Gasteiger partial charge in [-0.15, -0.1) is 0 Å². The van der Waals surface area contributed by atoms with Gasteiger partial charge in [-0.05, 0) is 24.5 Å². The number of para-hydroxylation sites is 1. The third-order valence-corrected chi connectivity index (χ3v) is 5.26. The summed E-state index contributed by atoms with van der Waals surface area (Å²) >= 11 is 0. The first kappa shape index (κ1) is 19.4. The minimum atomic E-state index is -0.0293. The maximum Gasteiger partial charge on any atom is 0.242 e. The number of rotatable bonds is 6. The Morgan fingerprint density at radius 2 is 1.78 bits per heavy atom. The number of amides is 3. The molecule has 0 radical (unpaired) electrons. The zero-order valence-corrected chi connectivity index (χ0v) is 15.9. The molecule has 0 atom stereocenters. The van der Waals surface area contributed by atoms with Gasteiger partial charge in [-0.2, -0.15) is 0 Å². The summed E-state index contributed by atoms with van der Waals surface area (Å²) in [5.41, 5.74) is 1.99. The van der Waals surface area contributed by atoms with Gasteiger partial charge in [0.15, 0.2) is 0 Å². The molecule has 3 rings (SSSR count). The van der Waals surface area contributed by atoms with E-state index in [0.29, 0.717) is 45.7 Å². The number of hydrogen-bond donors (Lipinski definition) is 1. The number of benzene rings is 1. The lowest BCUT2D eigenvalue weighted by Gasteiger charge is -2.35. The van der Waals surface area contributed by atoms with E-state index in [1.54, 1.807) is 9.80 Å². The quantitative estimate of drug-likeness (QED) is 0.807. The summed E-state index contributed by atoms with van der Waals surface area (Å²) in [5.74, 6) is 0.0515. The van der Waals surface area contributed by atoms with Crippen molar-refractivity contribution in [2.75, 3.05) is 51.1 Å². The van der Waals surface area contributed by atoms with Crippen LogP contribution < -0.4 is 5.32 Å². The number of nitrogens with one attached hydrogen (secondary N) is 1. The van der Waals surface area contributed by atoms with Gasteiger partial charge in [0.2, 0.25) is 17.7 Å². The zero-order chi connectivity index (χ0) is 19.2. The van der Waals surface area contributed by atoms with E-state index in [2.05, 4.69) is 17.1 Å². The van der Waals surface area contributed by atoms with Gasteiger partial charge in [0.25, 0.3) is 0 Å². The number of likely N-dealkylation sites (tertiary alicyclic amines) is 1. The van der Waals surface area contributed by atoms with E-state index in [9.17, 15) is 14.4 Å². The number of carbonyl (C=O) groups is 3. The highest BCUT2D eigenvalue weighted by Crippen LogP contribution is 2.15. The molecule has 2 fully saturated rings. The summed E-state index contributed by atoms with van der Waals surface area (Å²) < 4.78 is 0. The highest BCUT2D eigenvalue weighted by molar-refractivity contribution is 5.93. The molecular formula is C20H28N4O3. The molecular weight excluding hydrogens is 344 g/mol. The van der Waals surface area contributed by atoms with Crippen LogP contribution in [0.5, 0.6) is 0 Å². The molecule has 146 valence electrons. The predicted molar refractivity (Wildman–Crippen MR) is 103 cm³/mol. The van der Waals surface area contributed by atoms with Crippen LogP contribution in [0.2, 0.25) is 0 Å². The number of aryl methyl sites for hydroxylation is 1. The van der Waals surface area contributed by atoms with Crippen LogP contribution >= 0.6 is 0 Å². The Hall–Kier alpha value is -2.41. The number of nitrogens with zero attached hydrogens (tertiary/aromatic N) is 3. The molecule has 0 bridgehead atoms. The van der Waals surface area contributed by atoms with Crippen molar-refractivity contribution in [3.63, 3.8) is 0 Å². The van der Waals surface area contributed by atoms with Gasteiger partial charge in [-0.25, -0.2) is 0 Å². The largest absolute Gasteiger partial charge is 0.339 e. The fourth-order valence-corrected chi connectivity index (χ4v) is 3.63. The second-order valence-corrected chi connectivity index (χ2v) is 7.13. The lowest BCUT2D eigenvalue weighted by molar-refractivity contribution is -0.139. The number of anilines is 1. The summed E-state index contributed by atoms with van der Waals surface area (Å²) in [5, 5.41) is 2.99. The Labute approximate surface area is 160 Å². The van der Waals surface area contributed by atoms with Crippen LogP contribution in [0, 0.1) is 0 Å². The van der Waals surface area contributed by atoms with E-state index in [1.807, 2.05) is 24.3 Å². The molecule has 2 saturated heterocycles. The molecule has 2 aliphatic heterocycles. The van der Waals surface area contributed by atoms with Crippen molar-refractivity contribution < 1.29 is 14.4 Å². The molecule has 0 spiro atoms. The molecule has 2 heterocycles. The molecule has 7 nitrogen and oxygen atoms in total. The molecule has 3 amide bonds. The third-order valence-electron chi connectivity index (χ3n) is 5.26. The highest BCUT2D eigenvalue weighted by Gasteiger charge is 2.27. The second kappa shape index (κ2) is 8.99. The number of piperazine rings is 1. The number of hydrogen-bond acceptors (Lipinski definition) is 4. The van der Waals surface area contributed by atoms with Crippen LogP contribution in [0.3, 0.4) is 0 Å². The molecule has 0 saturated carbocycles. The van der Waals surface area contributed by atoms with Gasteiger partial charge < -0.3 is 15.1 Å². The van der Waals surface area contributed by atoms with Gasteiger partial charge in [0.1, 0.15) is 0 Å². The fraction of sp³-hybridized carbons (Fsp3) is 0.550. The van der Waals surface area contributed by atoms with Crippen molar-refractivity contribution in [1.29, 1.82) is 0 Å². The molecule has 2 aliphatic rings. The lowest BCUT2D eigenvalue weighted by Crippen LogP contribution is -2.52. The van der Waals surface area contributed by atoms with E-state index in [0.717, 1.165) is 24.1 Å². The van der Waals surface area contributed by atoms with Crippen LogP contribution in [-0.4, -0.2) is 78.2 Å². The zero-order valence-electron chi connectivity index (χ0n) is 15.9. The molecule has 0 unspecified atom stereocenters. The van der Waals surface area contributed by atoms with E-state index in [4.69, 9.17) is 0 Å². The maximum absolute atomic E-state index is 12.4.